The Morgan fingerprint density at radius 1 is 1.19 bits per heavy atom. The molecule has 0 saturated carbocycles. The molecule has 0 radical (unpaired) electrons. The summed E-state index contributed by atoms with van der Waals surface area (Å²) in [4.78, 5) is 36.6. The Balaban J connectivity index is 1.58. The van der Waals surface area contributed by atoms with Crippen molar-refractivity contribution < 1.29 is 19.1 Å². The van der Waals surface area contributed by atoms with Crippen molar-refractivity contribution in [2.75, 3.05) is 23.0 Å². The fourth-order valence-corrected chi connectivity index (χ4v) is 3.35. The Morgan fingerprint density at radius 2 is 1.96 bits per heavy atom. The van der Waals surface area contributed by atoms with Crippen LogP contribution in [0, 0.1) is 0 Å². The lowest BCUT2D eigenvalue weighted by Gasteiger charge is -2.09. The van der Waals surface area contributed by atoms with Gasteiger partial charge in [0.05, 0.1) is 11.3 Å². The van der Waals surface area contributed by atoms with Crippen molar-refractivity contribution in [1.82, 2.24) is 0 Å². The van der Waals surface area contributed by atoms with Crippen LogP contribution in [0.4, 0.5) is 11.4 Å². The largest absolute Gasteiger partial charge is 0.452 e. The number of ether oxygens (including phenoxy) is 1. The van der Waals surface area contributed by atoms with Gasteiger partial charge in [0.25, 0.3) is 5.91 Å². The lowest BCUT2D eigenvalue weighted by molar-refractivity contribution is -0.119. The predicted molar refractivity (Wildman–Crippen MR) is 101 cm³/mol. The SMILES string of the molecule is O=C(COC(=O)c1ccc2c(c1)NC(=O)CCS2)Nc1ccc(Cl)cc1. The number of fused-ring (bicyclic) bond motifs is 1. The zero-order valence-electron chi connectivity index (χ0n) is 13.6. The molecule has 0 fully saturated rings. The molecule has 0 spiro atoms. The van der Waals surface area contributed by atoms with E-state index in [1.807, 2.05) is 0 Å². The van der Waals surface area contributed by atoms with Crippen LogP contribution < -0.4 is 10.6 Å². The van der Waals surface area contributed by atoms with E-state index in [-0.39, 0.29) is 11.5 Å². The van der Waals surface area contributed by atoms with E-state index in [0.29, 0.717) is 28.6 Å². The van der Waals surface area contributed by atoms with E-state index in [1.165, 1.54) is 0 Å². The topological polar surface area (TPSA) is 84.5 Å². The molecule has 0 atom stereocenters. The molecule has 2 amide bonds. The quantitative estimate of drug-likeness (QED) is 0.779. The van der Waals surface area contributed by atoms with Crippen molar-refractivity contribution in [2.45, 2.75) is 11.3 Å². The maximum Gasteiger partial charge on any atom is 0.338 e. The van der Waals surface area contributed by atoms with Crippen molar-refractivity contribution >= 4 is 52.5 Å². The number of hydrogen-bond donors (Lipinski definition) is 2. The summed E-state index contributed by atoms with van der Waals surface area (Å²) in [6.45, 7) is -0.417. The second-order valence-corrected chi connectivity index (χ2v) is 7.06. The molecule has 0 saturated heterocycles. The van der Waals surface area contributed by atoms with Crippen LogP contribution in [-0.4, -0.2) is 30.1 Å². The minimum Gasteiger partial charge on any atom is -0.452 e. The Kier molecular flexibility index (Phi) is 5.80. The number of anilines is 2. The van der Waals surface area contributed by atoms with Crippen LogP contribution in [0.15, 0.2) is 47.4 Å². The van der Waals surface area contributed by atoms with Crippen LogP contribution in [0.1, 0.15) is 16.8 Å². The molecule has 0 unspecified atom stereocenters. The number of carbonyl (C=O) groups excluding carboxylic acids is 3. The summed E-state index contributed by atoms with van der Waals surface area (Å²) in [5, 5.41) is 5.93. The molecule has 2 N–H and O–H groups in total. The predicted octanol–water partition coefficient (Wildman–Crippen LogP) is 3.57. The van der Waals surface area contributed by atoms with E-state index in [9.17, 15) is 14.4 Å². The average molecular weight is 391 g/mol. The molecule has 1 aliphatic heterocycles. The molecular weight excluding hydrogens is 376 g/mol. The van der Waals surface area contributed by atoms with Crippen LogP contribution >= 0.6 is 23.4 Å². The van der Waals surface area contributed by atoms with Gasteiger partial charge in [0, 0.05) is 27.8 Å². The number of rotatable bonds is 4. The molecule has 0 bridgehead atoms. The molecule has 134 valence electrons. The third-order valence-electron chi connectivity index (χ3n) is 3.54. The van der Waals surface area contributed by atoms with E-state index in [0.717, 1.165) is 4.90 Å². The van der Waals surface area contributed by atoms with Gasteiger partial charge >= 0.3 is 5.97 Å². The monoisotopic (exact) mass is 390 g/mol. The van der Waals surface area contributed by atoms with E-state index in [1.54, 1.807) is 54.2 Å². The molecule has 0 aliphatic carbocycles. The van der Waals surface area contributed by atoms with Gasteiger partial charge in [-0.15, -0.1) is 11.8 Å². The Hall–Kier alpha value is -2.51. The van der Waals surface area contributed by atoms with Gasteiger partial charge in [0.1, 0.15) is 0 Å². The summed E-state index contributed by atoms with van der Waals surface area (Å²) in [5.41, 5.74) is 1.41. The first-order valence-electron chi connectivity index (χ1n) is 7.80. The van der Waals surface area contributed by atoms with Gasteiger partial charge < -0.3 is 15.4 Å². The first-order valence-corrected chi connectivity index (χ1v) is 9.17. The van der Waals surface area contributed by atoms with Gasteiger partial charge in [0.15, 0.2) is 6.61 Å². The van der Waals surface area contributed by atoms with Crippen molar-refractivity contribution in [3.63, 3.8) is 0 Å². The average Bonchev–Trinajstić information content (AvgIpc) is 2.81. The highest BCUT2D eigenvalue weighted by atomic mass is 35.5. The van der Waals surface area contributed by atoms with E-state index in [4.69, 9.17) is 16.3 Å². The van der Waals surface area contributed by atoms with Gasteiger partial charge in [-0.2, -0.15) is 0 Å². The van der Waals surface area contributed by atoms with Crippen molar-refractivity contribution in [3.05, 3.63) is 53.1 Å². The highest BCUT2D eigenvalue weighted by molar-refractivity contribution is 7.99. The lowest BCUT2D eigenvalue weighted by atomic mass is 10.2. The molecule has 1 aliphatic rings. The molecule has 2 aromatic carbocycles. The number of halogens is 1. The van der Waals surface area contributed by atoms with Gasteiger partial charge in [-0.3, -0.25) is 9.59 Å². The van der Waals surface area contributed by atoms with Crippen LogP contribution in [0.5, 0.6) is 0 Å². The third-order valence-corrected chi connectivity index (χ3v) is 4.87. The maximum atomic E-state index is 12.2. The molecule has 8 heteroatoms. The molecule has 0 aromatic heterocycles. The minimum atomic E-state index is -0.637. The standard InChI is InChI=1S/C18H15ClN2O4S/c19-12-2-4-13(5-3-12)20-17(23)10-25-18(24)11-1-6-15-14(9-11)21-16(22)7-8-26-15/h1-6,9H,7-8,10H2,(H,20,23)(H,21,22). The van der Waals surface area contributed by atoms with Crippen LogP contribution in [0.25, 0.3) is 0 Å². The van der Waals surface area contributed by atoms with Gasteiger partial charge in [0.2, 0.25) is 5.91 Å². The van der Waals surface area contributed by atoms with E-state index >= 15 is 0 Å². The number of amides is 2. The number of carbonyl (C=O) groups is 3. The summed E-state index contributed by atoms with van der Waals surface area (Å²) in [7, 11) is 0. The van der Waals surface area contributed by atoms with Crippen molar-refractivity contribution in [2.24, 2.45) is 0 Å². The molecule has 3 rings (SSSR count). The van der Waals surface area contributed by atoms with E-state index in [2.05, 4.69) is 10.6 Å². The highest BCUT2D eigenvalue weighted by Crippen LogP contribution is 2.31. The van der Waals surface area contributed by atoms with Gasteiger partial charge in [-0.05, 0) is 42.5 Å². The number of thioether (sulfide) groups is 1. The molecule has 1 heterocycles. The van der Waals surface area contributed by atoms with Gasteiger partial charge in [-0.1, -0.05) is 11.6 Å². The Bertz CT molecular complexity index is 855. The second kappa shape index (κ2) is 8.25. The maximum absolute atomic E-state index is 12.2. The summed E-state index contributed by atoms with van der Waals surface area (Å²) >= 11 is 7.32. The second-order valence-electron chi connectivity index (χ2n) is 5.49. The number of hydrogen-bond acceptors (Lipinski definition) is 5. The number of nitrogens with one attached hydrogen (secondary N) is 2. The van der Waals surface area contributed by atoms with Crippen LogP contribution in [0.3, 0.4) is 0 Å². The Morgan fingerprint density at radius 3 is 2.73 bits per heavy atom. The van der Waals surface area contributed by atoms with Crippen molar-refractivity contribution in [1.29, 1.82) is 0 Å². The zero-order valence-corrected chi connectivity index (χ0v) is 15.2. The first kappa shape index (κ1) is 18.3. The van der Waals surface area contributed by atoms with Crippen LogP contribution in [0.2, 0.25) is 5.02 Å². The molecule has 26 heavy (non-hydrogen) atoms. The third kappa shape index (κ3) is 4.77. The number of benzene rings is 2. The van der Waals surface area contributed by atoms with E-state index < -0.39 is 18.5 Å². The molecular formula is C18H15ClN2O4S. The Labute approximate surface area is 159 Å². The molecule has 6 nitrogen and oxygen atoms in total. The van der Waals surface area contributed by atoms with Gasteiger partial charge in [-0.25, -0.2) is 4.79 Å². The smallest absolute Gasteiger partial charge is 0.338 e. The minimum absolute atomic E-state index is 0.0934. The zero-order chi connectivity index (χ0) is 18.5. The lowest BCUT2D eigenvalue weighted by Crippen LogP contribution is -2.21. The van der Waals surface area contributed by atoms with Crippen molar-refractivity contribution in [3.8, 4) is 0 Å². The highest BCUT2D eigenvalue weighted by Gasteiger charge is 2.17. The summed E-state index contributed by atoms with van der Waals surface area (Å²) in [6, 6.07) is 11.5. The summed E-state index contributed by atoms with van der Waals surface area (Å²) in [6.07, 6.45) is 0.421. The number of esters is 1. The fourth-order valence-electron chi connectivity index (χ4n) is 2.29. The first-order chi connectivity index (χ1) is 12.5. The molecule has 2 aromatic rings. The fraction of sp³-hybridized carbons (Fsp3) is 0.167. The summed E-state index contributed by atoms with van der Waals surface area (Å²) < 4.78 is 5.04. The van der Waals surface area contributed by atoms with Crippen LogP contribution in [-0.2, 0) is 14.3 Å². The summed E-state index contributed by atoms with van der Waals surface area (Å²) in [5.74, 6) is -0.501. The normalized spacial score (nSPS) is 13.2.